The predicted molar refractivity (Wildman–Crippen MR) is 98.5 cm³/mol. The van der Waals surface area contributed by atoms with Crippen LogP contribution >= 0.6 is 0 Å². The molecule has 0 saturated carbocycles. The molecule has 0 bridgehead atoms. The van der Waals surface area contributed by atoms with E-state index < -0.39 is 0 Å². The van der Waals surface area contributed by atoms with Gasteiger partial charge in [0.25, 0.3) is 5.91 Å². The Bertz CT molecular complexity index is 812. The van der Waals surface area contributed by atoms with Gasteiger partial charge >= 0.3 is 0 Å². The van der Waals surface area contributed by atoms with Crippen molar-refractivity contribution in [2.45, 2.75) is 6.92 Å². The van der Waals surface area contributed by atoms with Crippen molar-refractivity contribution in [2.24, 2.45) is 0 Å². The Labute approximate surface area is 151 Å². The highest BCUT2D eigenvalue weighted by atomic mass is 16.2. The van der Waals surface area contributed by atoms with Crippen LogP contribution in [0.3, 0.4) is 0 Å². The van der Waals surface area contributed by atoms with Crippen molar-refractivity contribution < 1.29 is 14.4 Å². The Hall–Kier alpha value is -3.22. The predicted octanol–water partition coefficient (Wildman–Crippen LogP) is 1.81. The minimum absolute atomic E-state index is 0.0173. The first-order valence-corrected chi connectivity index (χ1v) is 8.39. The third-order valence-electron chi connectivity index (χ3n) is 4.34. The Morgan fingerprint density at radius 3 is 2.35 bits per heavy atom. The van der Waals surface area contributed by atoms with E-state index >= 15 is 0 Å². The highest BCUT2D eigenvalue weighted by Crippen LogP contribution is 2.17. The molecule has 1 N–H and O–H groups in total. The number of carbonyl (C=O) groups excluding carboxylic acids is 3. The van der Waals surface area contributed by atoms with Crippen LogP contribution in [0.15, 0.2) is 42.6 Å². The zero-order chi connectivity index (χ0) is 18.5. The van der Waals surface area contributed by atoms with Gasteiger partial charge in [0.2, 0.25) is 6.41 Å². The fraction of sp³-hybridized carbons (Fsp3) is 0.263. The summed E-state index contributed by atoms with van der Waals surface area (Å²) >= 11 is 0. The van der Waals surface area contributed by atoms with E-state index in [0.29, 0.717) is 43.0 Å². The average Bonchev–Trinajstić information content (AvgIpc) is 2.68. The number of hydrogen-bond acceptors (Lipinski definition) is 5. The van der Waals surface area contributed by atoms with Gasteiger partial charge in [0.15, 0.2) is 5.78 Å². The van der Waals surface area contributed by atoms with Crippen molar-refractivity contribution in [1.82, 2.24) is 9.88 Å². The fourth-order valence-electron chi connectivity index (χ4n) is 2.78. The summed E-state index contributed by atoms with van der Waals surface area (Å²) in [5, 5.41) is 2.82. The van der Waals surface area contributed by atoms with Crippen molar-refractivity contribution in [2.75, 3.05) is 36.4 Å². The highest BCUT2D eigenvalue weighted by Gasteiger charge is 2.18. The molecule has 1 fully saturated rings. The average molecular weight is 352 g/mol. The van der Waals surface area contributed by atoms with E-state index in [0.717, 1.165) is 12.2 Å². The van der Waals surface area contributed by atoms with Crippen molar-refractivity contribution >= 4 is 29.6 Å². The van der Waals surface area contributed by atoms with Crippen LogP contribution in [0.25, 0.3) is 0 Å². The van der Waals surface area contributed by atoms with Crippen LogP contribution in [0.5, 0.6) is 0 Å². The molecule has 3 rings (SSSR count). The number of benzene rings is 1. The molecule has 0 unspecified atom stereocenters. The molecule has 0 spiro atoms. The van der Waals surface area contributed by atoms with Gasteiger partial charge in [0.1, 0.15) is 5.82 Å². The first-order chi connectivity index (χ1) is 12.6. The standard InChI is InChI=1S/C19H20N4O3/c1-14(25)15-2-4-17(5-3-15)21-19(26)16-6-7-20-18(12-16)23-10-8-22(13-24)9-11-23/h2-7,12-13H,8-11H2,1H3,(H,21,26). The minimum Gasteiger partial charge on any atom is -0.353 e. The first-order valence-electron chi connectivity index (χ1n) is 8.39. The second-order valence-corrected chi connectivity index (χ2v) is 6.12. The molecule has 1 aromatic heterocycles. The Balaban J connectivity index is 1.68. The zero-order valence-corrected chi connectivity index (χ0v) is 14.5. The summed E-state index contributed by atoms with van der Waals surface area (Å²) in [5.41, 5.74) is 1.73. The van der Waals surface area contributed by atoms with Crippen LogP contribution < -0.4 is 10.2 Å². The van der Waals surface area contributed by atoms with Gasteiger partial charge in [0, 0.05) is 49.2 Å². The van der Waals surface area contributed by atoms with E-state index in [-0.39, 0.29) is 11.7 Å². The molecule has 1 saturated heterocycles. The number of ketones is 1. The molecule has 0 aliphatic carbocycles. The Morgan fingerprint density at radius 2 is 1.73 bits per heavy atom. The number of rotatable bonds is 5. The summed E-state index contributed by atoms with van der Waals surface area (Å²) in [4.78, 5) is 42.7. The summed E-state index contributed by atoms with van der Waals surface area (Å²) < 4.78 is 0. The van der Waals surface area contributed by atoms with Crippen molar-refractivity contribution in [1.29, 1.82) is 0 Å². The number of aromatic nitrogens is 1. The summed E-state index contributed by atoms with van der Waals surface area (Å²) in [6, 6.07) is 10.2. The number of piperazine rings is 1. The second kappa shape index (κ2) is 7.77. The van der Waals surface area contributed by atoms with Gasteiger partial charge < -0.3 is 15.1 Å². The quantitative estimate of drug-likeness (QED) is 0.656. The van der Waals surface area contributed by atoms with Gasteiger partial charge in [-0.15, -0.1) is 0 Å². The summed E-state index contributed by atoms with van der Waals surface area (Å²) in [6.45, 7) is 4.15. The van der Waals surface area contributed by atoms with E-state index in [4.69, 9.17) is 0 Å². The van der Waals surface area contributed by atoms with Crippen LogP contribution in [0, 0.1) is 0 Å². The molecule has 0 radical (unpaired) electrons. The highest BCUT2D eigenvalue weighted by molar-refractivity contribution is 6.05. The number of nitrogens with one attached hydrogen (secondary N) is 1. The monoisotopic (exact) mass is 352 g/mol. The molecule has 1 aliphatic rings. The van der Waals surface area contributed by atoms with Gasteiger partial charge in [-0.05, 0) is 43.3 Å². The molecule has 0 atom stereocenters. The molecule has 2 heterocycles. The van der Waals surface area contributed by atoms with E-state index in [1.54, 1.807) is 47.5 Å². The number of Topliss-reactive ketones (excluding diaryl/α,β-unsaturated/α-hetero) is 1. The Kier molecular flexibility index (Phi) is 5.26. The van der Waals surface area contributed by atoms with Crippen LogP contribution in [0.4, 0.5) is 11.5 Å². The number of amides is 2. The lowest BCUT2D eigenvalue weighted by atomic mass is 10.1. The first kappa shape index (κ1) is 17.6. The number of hydrogen-bond donors (Lipinski definition) is 1. The molecule has 7 nitrogen and oxygen atoms in total. The SMILES string of the molecule is CC(=O)c1ccc(NC(=O)c2ccnc(N3CCN(C=O)CC3)c2)cc1. The molecule has 7 heteroatoms. The van der Waals surface area contributed by atoms with E-state index in [1.165, 1.54) is 6.92 Å². The van der Waals surface area contributed by atoms with Crippen molar-refractivity contribution in [3.63, 3.8) is 0 Å². The molecule has 1 aliphatic heterocycles. The normalized spacial score (nSPS) is 14.0. The maximum Gasteiger partial charge on any atom is 0.255 e. The lowest BCUT2D eigenvalue weighted by Crippen LogP contribution is -2.46. The number of pyridine rings is 1. The maximum atomic E-state index is 12.5. The summed E-state index contributed by atoms with van der Waals surface area (Å²) in [6.07, 6.45) is 2.46. The Morgan fingerprint density at radius 1 is 1.04 bits per heavy atom. The number of nitrogens with zero attached hydrogens (tertiary/aromatic N) is 3. The topological polar surface area (TPSA) is 82.6 Å². The molecule has 2 aromatic rings. The molecule has 26 heavy (non-hydrogen) atoms. The minimum atomic E-state index is -0.240. The van der Waals surface area contributed by atoms with E-state index in [1.807, 2.05) is 0 Å². The van der Waals surface area contributed by atoms with Crippen LogP contribution in [-0.4, -0.2) is 54.2 Å². The van der Waals surface area contributed by atoms with E-state index in [2.05, 4.69) is 15.2 Å². The number of carbonyl (C=O) groups is 3. The van der Waals surface area contributed by atoms with Crippen molar-refractivity contribution in [3.05, 3.63) is 53.7 Å². The third kappa shape index (κ3) is 4.05. The summed E-state index contributed by atoms with van der Waals surface area (Å²) in [7, 11) is 0. The zero-order valence-electron chi connectivity index (χ0n) is 14.5. The van der Waals surface area contributed by atoms with Gasteiger partial charge in [-0.1, -0.05) is 0 Å². The number of anilines is 2. The molecular weight excluding hydrogens is 332 g/mol. The molecular formula is C19H20N4O3. The maximum absolute atomic E-state index is 12.5. The third-order valence-corrected chi connectivity index (χ3v) is 4.34. The molecule has 1 aromatic carbocycles. The van der Waals surface area contributed by atoms with Gasteiger partial charge in [-0.2, -0.15) is 0 Å². The van der Waals surface area contributed by atoms with Crippen LogP contribution in [-0.2, 0) is 4.79 Å². The van der Waals surface area contributed by atoms with Crippen molar-refractivity contribution in [3.8, 4) is 0 Å². The lowest BCUT2D eigenvalue weighted by molar-refractivity contribution is -0.118. The van der Waals surface area contributed by atoms with E-state index in [9.17, 15) is 14.4 Å². The smallest absolute Gasteiger partial charge is 0.255 e. The summed E-state index contributed by atoms with van der Waals surface area (Å²) in [5.74, 6) is 0.460. The van der Waals surface area contributed by atoms with Gasteiger partial charge in [0.05, 0.1) is 0 Å². The second-order valence-electron chi connectivity index (χ2n) is 6.12. The molecule has 134 valence electrons. The van der Waals surface area contributed by atoms with Crippen LogP contribution in [0.2, 0.25) is 0 Å². The van der Waals surface area contributed by atoms with Crippen LogP contribution in [0.1, 0.15) is 27.6 Å². The van der Waals surface area contributed by atoms with Gasteiger partial charge in [-0.3, -0.25) is 14.4 Å². The largest absolute Gasteiger partial charge is 0.353 e. The van der Waals surface area contributed by atoms with Gasteiger partial charge in [-0.25, -0.2) is 4.98 Å². The lowest BCUT2D eigenvalue weighted by Gasteiger charge is -2.33. The molecule has 2 amide bonds. The fourth-order valence-corrected chi connectivity index (χ4v) is 2.78.